The van der Waals surface area contributed by atoms with Crippen molar-refractivity contribution in [3.63, 3.8) is 0 Å². The van der Waals surface area contributed by atoms with Gasteiger partial charge in [-0.2, -0.15) is 0 Å². The summed E-state index contributed by atoms with van der Waals surface area (Å²) in [4.78, 5) is 0.0696. The second-order valence-electron chi connectivity index (χ2n) is 4.89. The number of rotatable bonds is 4. The number of halogens is 1. The summed E-state index contributed by atoms with van der Waals surface area (Å²) in [7, 11) is -3.66. The zero-order valence-electron chi connectivity index (χ0n) is 11.7. The molecule has 2 aromatic rings. The second kappa shape index (κ2) is 5.58. The van der Waals surface area contributed by atoms with Gasteiger partial charge in [0.25, 0.3) is 0 Å². The van der Waals surface area contributed by atoms with Gasteiger partial charge in [0.15, 0.2) is 21.3 Å². The maximum atomic E-state index is 13.0. The molecule has 1 atom stereocenters. The van der Waals surface area contributed by atoms with Gasteiger partial charge < -0.3 is 15.2 Å². The fourth-order valence-corrected chi connectivity index (χ4v) is 4.06. The summed E-state index contributed by atoms with van der Waals surface area (Å²) in [6, 6.07) is 9.81. The van der Waals surface area contributed by atoms with Crippen molar-refractivity contribution in [2.45, 2.75) is 10.1 Å². The highest BCUT2D eigenvalue weighted by atomic mass is 32.2. The van der Waals surface area contributed by atoms with E-state index in [0.29, 0.717) is 17.1 Å². The second-order valence-corrected chi connectivity index (χ2v) is 7.02. The van der Waals surface area contributed by atoms with Crippen LogP contribution in [-0.2, 0) is 9.84 Å². The van der Waals surface area contributed by atoms with Crippen molar-refractivity contribution in [3.05, 3.63) is 53.8 Å². The first-order valence-electron chi connectivity index (χ1n) is 6.70. The Hall–Kier alpha value is -2.12. The molecular formula is C15H15FNO4S+. The minimum absolute atomic E-state index is 0.0696. The molecule has 1 aliphatic heterocycles. The highest BCUT2D eigenvalue weighted by Gasteiger charge is 2.31. The van der Waals surface area contributed by atoms with Crippen LogP contribution < -0.4 is 15.2 Å². The number of sulfone groups is 1. The third kappa shape index (κ3) is 2.53. The van der Waals surface area contributed by atoms with E-state index in [1.807, 2.05) is 0 Å². The molecule has 0 unspecified atom stereocenters. The van der Waals surface area contributed by atoms with Gasteiger partial charge in [-0.3, -0.25) is 0 Å². The number of ether oxygens (including phenoxy) is 2. The van der Waals surface area contributed by atoms with Crippen molar-refractivity contribution in [2.24, 2.45) is 0 Å². The smallest absolute Gasteiger partial charge is 0.231 e. The molecule has 0 amide bonds. The van der Waals surface area contributed by atoms with Gasteiger partial charge in [0, 0.05) is 0 Å². The third-order valence-electron chi connectivity index (χ3n) is 3.55. The van der Waals surface area contributed by atoms with E-state index in [1.54, 1.807) is 18.2 Å². The zero-order valence-corrected chi connectivity index (χ0v) is 12.5. The monoisotopic (exact) mass is 324 g/mol. The summed E-state index contributed by atoms with van der Waals surface area (Å²) in [5, 5.41) is -0.826. The van der Waals surface area contributed by atoms with Gasteiger partial charge in [-0.25, -0.2) is 12.8 Å². The summed E-state index contributed by atoms with van der Waals surface area (Å²) in [6.07, 6.45) is 0. The molecule has 0 radical (unpaired) electrons. The van der Waals surface area contributed by atoms with Gasteiger partial charge in [-0.15, -0.1) is 0 Å². The van der Waals surface area contributed by atoms with Crippen LogP contribution in [0.1, 0.15) is 10.8 Å². The van der Waals surface area contributed by atoms with Crippen LogP contribution in [0.2, 0.25) is 0 Å². The van der Waals surface area contributed by atoms with Crippen molar-refractivity contribution in [3.8, 4) is 11.5 Å². The predicted molar refractivity (Wildman–Crippen MR) is 76.6 cm³/mol. The van der Waals surface area contributed by atoms with Crippen LogP contribution in [0.4, 0.5) is 4.39 Å². The first-order chi connectivity index (χ1) is 10.5. The molecule has 116 valence electrons. The summed E-state index contributed by atoms with van der Waals surface area (Å²) < 4.78 is 49.0. The van der Waals surface area contributed by atoms with E-state index in [9.17, 15) is 12.8 Å². The largest absolute Gasteiger partial charge is 0.454 e. The zero-order chi connectivity index (χ0) is 15.7. The molecule has 1 aliphatic rings. The minimum Gasteiger partial charge on any atom is -0.454 e. The highest BCUT2D eigenvalue weighted by Crippen LogP contribution is 2.37. The van der Waals surface area contributed by atoms with Crippen LogP contribution in [0.5, 0.6) is 11.5 Å². The van der Waals surface area contributed by atoms with Crippen molar-refractivity contribution >= 4 is 9.84 Å². The lowest BCUT2D eigenvalue weighted by Gasteiger charge is -2.15. The SMILES string of the molecule is [NH3+]C[C@H](c1ccc2c(c1)OCO2)S(=O)(=O)c1ccc(F)cc1. The molecule has 3 N–H and O–H groups in total. The topological polar surface area (TPSA) is 80.2 Å². The molecule has 1 heterocycles. The van der Waals surface area contributed by atoms with Crippen LogP contribution in [0.3, 0.4) is 0 Å². The summed E-state index contributed by atoms with van der Waals surface area (Å²) in [5.41, 5.74) is 4.31. The average Bonchev–Trinajstić information content (AvgIpc) is 2.96. The fraction of sp³-hybridized carbons (Fsp3) is 0.200. The van der Waals surface area contributed by atoms with E-state index in [-0.39, 0.29) is 18.2 Å². The first-order valence-corrected chi connectivity index (χ1v) is 8.25. The molecule has 0 spiro atoms. The number of hydrogen-bond acceptors (Lipinski definition) is 4. The molecule has 0 aromatic heterocycles. The molecule has 0 aliphatic carbocycles. The lowest BCUT2D eigenvalue weighted by Crippen LogP contribution is -2.54. The van der Waals surface area contributed by atoms with Gasteiger partial charge >= 0.3 is 0 Å². The molecule has 2 aromatic carbocycles. The Kier molecular flexibility index (Phi) is 3.76. The molecule has 0 saturated heterocycles. The van der Waals surface area contributed by atoms with Crippen LogP contribution in [-0.4, -0.2) is 21.8 Å². The molecular weight excluding hydrogens is 309 g/mol. The molecule has 0 fully saturated rings. The lowest BCUT2D eigenvalue weighted by atomic mass is 10.1. The molecule has 0 saturated carbocycles. The number of hydrogen-bond donors (Lipinski definition) is 1. The van der Waals surface area contributed by atoms with Crippen molar-refractivity contribution < 1.29 is 28.0 Å². The fourth-order valence-electron chi connectivity index (χ4n) is 2.40. The predicted octanol–water partition coefficient (Wildman–Crippen LogP) is 1.31. The molecule has 0 bridgehead atoms. The Bertz CT molecular complexity index is 790. The molecule has 7 heteroatoms. The Morgan fingerprint density at radius 2 is 1.77 bits per heavy atom. The maximum Gasteiger partial charge on any atom is 0.231 e. The lowest BCUT2D eigenvalue weighted by molar-refractivity contribution is -0.367. The van der Waals surface area contributed by atoms with Crippen molar-refractivity contribution in [1.82, 2.24) is 0 Å². The number of benzene rings is 2. The third-order valence-corrected chi connectivity index (χ3v) is 5.73. The van der Waals surface area contributed by atoms with Gasteiger partial charge in [0.2, 0.25) is 6.79 Å². The molecule has 3 rings (SSSR count). The molecule has 22 heavy (non-hydrogen) atoms. The standard InChI is InChI=1S/C15H14FNO4S/c16-11-2-4-12(5-3-11)22(18,19)15(8-17)10-1-6-13-14(7-10)21-9-20-13/h1-7,15H,8-9,17H2/p+1/t15-/m1/s1. The number of fused-ring (bicyclic) bond motifs is 1. The Morgan fingerprint density at radius 1 is 1.09 bits per heavy atom. The van der Waals surface area contributed by atoms with E-state index < -0.39 is 20.9 Å². The Labute approximate surface area is 127 Å². The van der Waals surface area contributed by atoms with Crippen LogP contribution in [0.25, 0.3) is 0 Å². The Balaban J connectivity index is 2.01. The quantitative estimate of drug-likeness (QED) is 0.860. The van der Waals surface area contributed by atoms with E-state index in [0.717, 1.165) is 12.1 Å². The highest BCUT2D eigenvalue weighted by molar-refractivity contribution is 7.91. The maximum absolute atomic E-state index is 13.0. The average molecular weight is 324 g/mol. The normalized spacial score (nSPS) is 14.8. The van der Waals surface area contributed by atoms with Gasteiger partial charge in [0.1, 0.15) is 11.1 Å². The van der Waals surface area contributed by atoms with E-state index >= 15 is 0 Å². The van der Waals surface area contributed by atoms with E-state index in [4.69, 9.17) is 9.47 Å². The van der Waals surface area contributed by atoms with Crippen LogP contribution >= 0.6 is 0 Å². The summed E-state index contributed by atoms with van der Waals surface area (Å²) in [5.74, 6) is 0.629. The van der Waals surface area contributed by atoms with Crippen LogP contribution in [0, 0.1) is 5.82 Å². The van der Waals surface area contributed by atoms with Gasteiger partial charge in [-0.05, 0) is 42.0 Å². The van der Waals surface area contributed by atoms with Gasteiger partial charge in [-0.1, -0.05) is 6.07 Å². The first kappa shape index (κ1) is 14.8. The Morgan fingerprint density at radius 3 is 2.45 bits per heavy atom. The van der Waals surface area contributed by atoms with Crippen molar-refractivity contribution in [1.29, 1.82) is 0 Å². The van der Waals surface area contributed by atoms with Crippen molar-refractivity contribution in [2.75, 3.05) is 13.3 Å². The van der Waals surface area contributed by atoms with Crippen LogP contribution in [0.15, 0.2) is 47.4 Å². The van der Waals surface area contributed by atoms with E-state index in [2.05, 4.69) is 5.73 Å². The van der Waals surface area contributed by atoms with Gasteiger partial charge in [0.05, 0.1) is 11.4 Å². The number of quaternary nitrogens is 1. The minimum atomic E-state index is -3.66. The van der Waals surface area contributed by atoms with E-state index in [1.165, 1.54) is 12.1 Å². The summed E-state index contributed by atoms with van der Waals surface area (Å²) >= 11 is 0. The summed E-state index contributed by atoms with van der Waals surface area (Å²) in [6.45, 7) is 0.276. The molecule has 5 nitrogen and oxygen atoms in total.